The van der Waals surface area contributed by atoms with Crippen molar-refractivity contribution in [3.63, 3.8) is 0 Å². The average molecular weight is 379 g/mol. The Kier molecular flexibility index (Phi) is 4.60. The summed E-state index contributed by atoms with van der Waals surface area (Å²) in [6.07, 6.45) is 3.61. The van der Waals surface area contributed by atoms with Gasteiger partial charge >= 0.3 is 0 Å². The average Bonchev–Trinajstić information content (AvgIpc) is 3.30. The van der Waals surface area contributed by atoms with Crippen LogP contribution in [0.5, 0.6) is 0 Å². The van der Waals surface area contributed by atoms with E-state index in [2.05, 4.69) is 10.4 Å². The molecule has 1 aromatic carbocycles. The largest absolute Gasteiger partial charge is 0.469 e. The standard InChI is InChI=1S/C20H17N3O3S/c1-13-17(14-6-3-2-4-7-14)18-19(27-13)21-12-23(20(18)25)22-16(24)10-9-15-8-5-11-26-15/h2-8,11-12H,9-10H2,1H3,(H,22,24). The minimum atomic E-state index is -0.283. The fourth-order valence-electron chi connectivity index (χ4n) is 3.02. The molecule has 0 bridgehead atoms. The smallest absolute Gasteiger partial charge is 0.281 e. The molecule has 0 radical (unpaired) electrons. The van der Waals surface area contributed by atoms with Gasteiger partial charge < -0.3 is 4.42 Å². The molecule has 27 heavy (non-hydrogen) atoms. The third-order valence-corrected chi connectivity index (χ3v) is 5.29. The molecule has 4 aromatic rings. The Morgan fingerprint density at radius 3 is 2.78 bits per heavy atom. The van der Waals surface area contributed by atoms with E-state index in [1.54, 1.807) is 12.3 Å². The highest BCUT2D eigenvalue weighted by Gasteiger charge is 2.17. The highest BCUT2D eigenvalue weighted by molar-refractivity contribution is 7.19. The molecular weight excluding hydrogens is 362 g/mol. The second-order valence-electron chi connectivity index (χ2n) is 6.11. The van der Waals surface area contributed by atoms with Gasteiger partial charge in [0, 0.05) is 23.3 Å². The maximum Gasteiger partial charge on any atom is 0.281 e. The quantitative estimate of drug-likeness (QED) is 0.573. The molecule has 6 nitrogen and oxygen atoms in total. The molecule has 0 fully saturated rings. The molecule has 0 saturated carbocycles. The van der Waals surface area contributed by atoms with Gasteiger partial charge in [-0.25, -0.2) is 9.66 Å². The Morgan fingerprint density at radius 2 is 2.04 bits per heavy atom. The van der Waals surface area contributed by atoms with Crippen LogP contribution in [0.3, 0.4) is 0 Å². The van der Waals surface area contributed by atoms with Crippen LogP contribution in [0.15, 0.2) is 64.3 Å². The van der Waals surface area contributed by atoms with Gasteiger partial charge in [-0.3, -0.25) is 15.0 Å². The van der Waals surface area contributed by atoms with Crippen LogP contribution in [-0.4, -0.2) is 15.6 Å². The van der Waals surface area contributed by atoms with Crippen molar-refractivity contribution < 1.29 is 9.21 Å². The number of hydrogen-bond donors (Lipinski definition) is 1. The molecule has 1 N–H and O–H groups in total. The summed E-state index contributed by atoms with van der Waals surface area (Å²) in [5, 5.41) is 0.525. The van der Waals surface area contributed by atoms with Gasteiger partial charge in [0.15, 0.2) is 0 Å². The Balaban J connectivity index is 1.66. The van der Waals surface area contributed by atoms with E-state index in [0.717, 1.165) is 26.4 Å². The number of amides is 1. The molecular formula is C20H17N3O3S. The fourth-order valence-corrected chi connectivity index (χ4v) is 4.02. The lowest BCUT2D eigenvalue weighted by atomic mass is 10.0. The lowest BCUT2D eigenvalue weighted by Crippen LogP contribution is -2.33. The number of fused-ring (bicyclic) bond motifs is 1. The zero-order valence-corrected chi connectivity index (χ0v) is 15.5. The van der Waals surface area contributed by atoms with Crippen LogP contribution < -0.4 is 11.0 Å². The molecule has 0 saturated heterocycles. The first-order valence-corrected chi connectivity index (χ1v) is 9.33. The van der Waals surface area contributed by atoms with E-state index in [1.807, 2.05) is 43.3 Å². The molecule has 0 aliphatic heterocycles. The topological polar surface area (TPSA) is 77.1 Å². The number of aromatic nitrogens is 2. The number of carbonyl (C=O) groups excluding carboxylic acids is 1. The van der Waals surface area contributed by atoms with Gasteiger partial charge in [0.2, 0.25) is 5.91 Å². The van der Waals surface area contributed by atoms with Crippen LogP contribution in [0, 0.1) is 6.92 Å². The lowest BCUT2D eigenvalue weighted by Gasteiger charge is -2.08. The van der Waals surface area contributed by atoms with Gasteiger partial charge in [0.1, 0.15) is 16.9 Å². The van der Waals surface area contributed by atoms with Gasteiger partial charge in [0.05, 0.1) is 11.6 Å². The zero-order chi connectivity index (χ0) is 18.8. The molecule has 3 heterocycles. The van der Waals surface area contributed by atoms with Crippen LogP contribution in [0.2, 0.25) is 0 Å². The number of nitrogens with one attached hydrogen (secondary N) is 1. The van der Waals surface area contributed by atoms with Crippen molar-refractivity contribution in [3.05, 3.63) is 76.0 Å². The lowest BCUT2D eigenvalue weighted by molar-refractivity contribution is -0.117. The molecule has 0 unspecified atom stereocenters. The molecule has 0 aliphatic rings. The predicted octanol–water partition coefficient (Wildman–Crippen LogP) is 3.73. The van der Waals surface area contributed by atoms with Crippen molar-refractivity contribution >= 4 is 27.5 Å². The summed E-state index contributed by atoms with van der Waals surface area (Å²) in [5.74, 6) is 0.453. The molecule has 4 rings (SSSR count). The summed E-state index contributed by atoms with van der Waals surface area (Å²) in [6.45, 7) is 1.97. The zero-order valence-electron chi connectivity index (χ0n) is 14.6. The first-order valence-electron chi connectivity index (χ1n) is 8.52. The molecule has 3 aromatic heterocycles. The van der Waals surface area contributed by atoms with E-state index in [0.29, 0.717) is 16.6 Å². The molecule has 0 spiro atoms. The highest BCUT2D eigenvalue weighted by Crippen LogP contribution is 2.35. The number of carbonyl (C=O) groups is 1. The summed E-state index contributed by atoms with van der Waals surface area (Å²) >= 11 is 1.47. The maximum absolute atomic E-state index is 13.0. The van der Waals surface area contributed by atoms with Crippen molar-refractivity contribution in [2.24, 2.45) is 0 Å². The number of furan rings is 1. The Morgan fingerprint density at radius 1 is 1.22 bits per heavy atom. The fraction of sp³-hybridized carbons (Fsp3) is 0.150. The van der Waals surface area contributed by atoms with Gasteiger partial charge in [0.25, 0.3) is 5.56 Å². The third-order valence-electron chi connectivity index (χ3n) is 4.27. The van der Waals surface area contributed by atoms with E-state index in [4.69, 9.17) is 4.42 Å². The second-order valence-corrected chi connectivity index (χ2v) is 7.32. The second kappa shape index (κ2) is 7.20. The van der Waals surface area contributed by atoms with Crippen molar-refractivity contribution in [2.45, 2.75) is 19.8 Å². The number of hydrogen-bond acceptors (Lipinski definition) is 5. The van der Waals surface area contributed by atoms with Crippen LogP contribution in [0.25, 0.3) is 21.3 Å². The van der Waals surface area contributed by atoms with E-state index in [9.17, 15) is 9.59 Å². The summed E-state index contributed by atoms with van der Waals surface area (Å²) < 4.78 is 6.38. The third kappa shape index (κ3) is 3.41. The van der Waals surface area contributed by atoms with E-state index >= 15 is 0 Å². The molecule has 0 atom stereocenters. The Labute approximate surface area is 159 Å². The van der Waals surface area contributed by atoms with E-state index in [1.165, 1.54) is 17.7 Å². The molecule has 0 aliphatic carbocycles. The Bertz CT molecular complexity index is 1140. The molecule has 1 amide bonds. The van der Waals surface area contributed by atoms with Crippen molar-refractivity contribution in [1.82, 2.24) is 9.66 Å². The number of benzene rings is 1. The number of rotatable bonds is 5. The summed E-state index contributed by atoms with van der Waals surface area (Å²) in [4.78, 5) is 31.3. The van der Waals surface area contributed by atoms with Gasteiger partial charge in [-0.1, -0.05) is 30.3 Å². The van der Waals surface area contributed by atoms with Crippen molar-refractivity contribution in [3.8, 4) is 11.1 Å². The van der Waals surface area contributed by atoms with Crippen LogP contribution in [0.1, 0.15) is 17.1 Å². The van der Waals surface area contributed by atoms with Crippen LogP contribution in [0.4, 0.5) is 0 Å². The van der Waals surface area contributed by atoms with Gasteiger partial charge in [-0.05, 0) is 24.6 Å². The van der Waals surface area contributed by atoms with Crippen molar-refractivity contribution in [2.75, 3.05) is 5.43 Å². The van der Waals surface area contributed by atoms with Crippen LogP contribution in [-0.2, 0) is 11.2 Å². The number of aryl methyl sites for hydroxylation is 2. The summed E-state index contributed by atoms with van der Waals surface area (Å²) in [6, 6.07) is 13.3. The van der Waals surface area contributed by atoms with E-state index in [-0.39, 0.29) is 17.9 Å². The normalized spacial score (nSPS) is 11.0. The minimum Gasteiger partial charge on any atom is -0.469 e. The first kappa shape index (κ1) is 17.2. The SMILES string of the molecule is Cc1sc2ncn(NC(=O)CCc3ccco3)c(=O)c2c1-c1ccccc1. The number of thiophene rings is 1. The van der Waals surface area contributed by atoms with Gasteiger partial charge in [-0.2, -0.15) is 0 Å². The monoisotopic (exact) mass is 379 g/mol. The highest BCUT2D eigenvalue weighted by atomic mass is 32.1. The summed E-state index contributed by atoms with van der Waals surface area (Å²) in [7, 11) is 0. The first-order chi connectivity index (χ1) is 13.1. The predicted molar refractivity (Wildman–Crippen MR) is 105 cm³/mol. The van der Waals surface area contributed by atoms with Crippen molar-refractivity contribution in [1.29, 1.82) is 0 Å². The summed E-state index contributed by atoms with van der Waals surface area (Å²) in [5.41, 5.74) is 4.16. The van der Waals surface area contributed by atoms with Gasteiger partial charge in [-0.15, -0.1) is 11.3 Å². The minimum absolute atomic E-state index is 0.214. The molecule has 7 heteroatoms. The van der Waals surface area contributed by atoms with Crippen LogP contribution >= 0.6 is 11.3 Å². The van der Waals surface area contributed by atoms with E-state index < -0.39 is 0 Å². The molecule has 136 valence electrons. The Hall–Kier alpha value is -3.19. The maximum atomic E-state index is 13.0. The number of nitrogens with zero attached hydrogens (tertiary/aromatic N) is 2.